The molecular formula is C21H21ClN2O6. The maximum absolute atomic E-state index is 12.9. The number of benzene rings is 2. The molecule has 4 rings (SSSR count). The Bertz CT molecular complexity index is 1110. The standard InChI is InChI=1S/C21H21ClN2O6/c1-26-15-10-18(27-2)20(28-3)19-11(15)7-14(23-19)21(25)24-13-9-17-16(8-12(13)22)29-5-4-6-30-17/h7-10,23H,4-6H2,1-3H3,(H,24,25). The molecule has 2 heterocycles. The number of hydrogen-bond acceptors (Lipinski definition) is 6. The highest BCUT2D eigenvalue weighted by molar-refractivity contribution is 6.34. The van der Waals surface area contributed by atoms with Crippen LogP contribution in [-0.2, 0) is 0 Å². The number of anilines is 1. The number of rotatable bonds is 5. The van der Waals surface area contributed by atoms with E-state index in [1.165, 1.54) is 14.2 Å². The maximum Gasteiger partial charge on any atom is 0.272 e. The Hall–Kier alpha value is -3.26. The molecule has 0 unspecified atom stereocenters. The Morgan fingerprint density at radius 2 is 1.70 bits per heavy atom. The lowest BCUT2D eigenvalue weighted by Gasteiger charge is -2.12. The number of aromatic amines is 1. The van der Waals surface area contributed by atoms with E-state index in [-0.39, 0.29) is 5.91 Å². The summed E-state index contributed by atoms with van der Waals surface area (Å²) in [7, 11) is 4.61. The zero-order chi connectivity index (χ0) is 21.3. The summed E-state index contributed by atoms with van der Waals surface area (Å²) in [5.41, 5.74) is 1.31. The van der Waals surface area contributed by atoms with Crippen LogP contribution in [0.1, 0.15) is 16.9 Å². The highest BCUT2D eigenvalue weighted by Gasteiger charge is 2.21. The van der Waals surface area contributed by atoms with Crippen LogP contribution in [0, 0.1) is 0 Å². The second-order valence-corrected chi connectivity index (χ2v) is 6.98. The largest absolute Gasteiger partial charge is 0.496 e. The molecule has 0 radical (unpaired) electrons. The highest BCUT2D eigenvalue weighted by atomic mass is 35.5. The van der Waals surface area contributed by atoms with Crippen molar-refractivity contribution < 1.29 is 28.5 Å². The van der Waals surface area contributed by atoms with Crippen molar-refractivity contribution in [2.75, 3.05) is 39.9 Å². The molecule has 1 aromatic heterocycles. The fourth-order valence-corrected chi connectivity index (χ4v) is 3.53. The van der Waals surface area contributed by atoms with Crippen LogP contribution < -0.4 is 29.0 Å². The first-order valence-corrected chi connectivity index (χ1v) is 9.65. The van der Waals surface area contributed by atoms with Crippen LogP contribution in [0.2, 0.25) is 5.02 Å². The molecule has 8 nitrogen and oxygen atoms in total. The van der Waals surface area contributed by atoms with Crippen molar-refractivity contribution in [2.45, 2.75) is 6.42 Å². The molecule has 3 aromatic rings. The first-order chi connectivity index (χ1) is 14.5. The second kappa shape index (κ2) is 8.23. The van der Waals surface area contributed by atoms with Crippen molar-refractivity contribution in [3.63, 3.8) is 0 Å². The molecule has 0 saturated heterocycles. The van der Waals surface area contributed by atoms with E-state index in [9.17, 15) is 4.79 Å². The zero-order valence-corrected chi connectivity index (χ0v) is 17.5. The van der Waals surface area contributed by atoms with Crippen LogP contribution in [0.4, 0.5) is 5.69 Å². The van der Waals surface area contributed by atoms with Crippen molar-refractivity contribution in [2.24, 2.45) is 0 Å². The number of halogens is 1. The molecule has 2 N–H and O–H groups in total. The molecule has 0 bridgehead atoms. The molecule has 0 spiro atoms. The number of H-pyrrole nitrogens is 1. The Balaban J connectivity index is 1.70. The van der Waals surface area contributed by atoms with Crippen molar-refractivity contribution >= 4 is 34.1 Å². The SMILES string of the molecule is COc1cc(OC)c2cc(C(=O)Nc3cc4c(cc3Cl)OCCCO4)[nH]c2c1OC. The predicted octanol–water partition coefficient (Wildman–Crippen LogP) is 4.26. The quantitative estimate of drug-likeness (QED) is 0.626. The first-order valence-electron chi connectivity index (χ1n) is 9.28. The van der Waals surface area contributed by atoms with E-state index in [0.717, 1.165) is 6.42 Å². The molecule has 2 aromatic carbocycles. The van der Waals surface area contributed by atoms with E-state index in [1.807, 2.05) is 0 Å². The Morgan fingerprint density at radius 1 is 1.00 bits per heavy atom. The van der Waals surface area contributed by atoms with Gasteiger partial charge in [0.2, 0.25) is 0 Å². The fraction of sp³-hybridized carbons (Fsp3) is 0.286. The van der Waals surface area contributed by atoms with Crippen molar-refractivity contribution in [3.8, 4) is 28.7 Å². The van der Waals surface area contributed by atoms with Crippen LogP contribution in [0.5, 0.6) is 28.7 Å². The number of ether oxygens (including phenoxy) is 5. The van der Waals surface area contributed by atoms with Gasteiger partial charge in [-0.3, -0.25) is 4.79 Å². The number of hydrogen-bond donors (Lipinski definition) is 2. The zero-order valence-electron chi connectivity index (χ0n) is 16.8. The smallest absolute Gasteiger partial charge is 0.272 e. The average Bonchev–Trinajstić information content (AvgIpc) is 3.08. The summed E-state index contributed by atoms with van der Waals surface area (Å²) in [5, 5.41) is 3.84. The van der Waals surface area contributed by atoms with Crippen LogP contribution >= 0.6 is 11.6 Å². The summed E-state index contributed by atoms with van der Waals surface area (Å²) in [5.74, 6) is 2.22. The van der Waals surface area contributed by atoms with Gasteiger partial charge < -0.3 is 34.0 Å². The lowest BCUT2D eigenvalue weighted by atomic mass is 10.2. The summed E-state index contributed by atoms with van der Waals surface area (Å²) >= 11 is 6.34. The van der Waals surface area contributed by atoms with E-state index in [0.29, 0.717) is 69.3 Å². The average molecular weight is 433 g/mol. The number of carbonyl (C=O) groups is 1. The molecule has 30 heavy (non-hydrogen) atoms. The number of fused-ring (bicyclic) bond motifs is 2. The van der Waals surface area contributed by atoms with Gasteiger partial charge in [-0.15, -0.1) is 0 Å². The number of carbonyl (C=O) groups excluding carboxylic acids is 1. The first kappa shape index (κ1) is 20.0. The predicted molar refractivity (Wildman–Crippen MR) is 113 cm³/mol. The molecule has 0 aliphatic carbocycles. The van der Waals surface area contributed by atoms with Crippen molar-refractivity contribution in [1.29, 1.82) is 0 Å². The summed E-state index contributed by atoms with van der Waals surface area (Å²) in [6.45, 7) is 1.09. The monoisotopic (exact) mass is 432 g/mol. The Labute approximate surface area is 178 Å². The summed E-state index contributed by atoms with van der Waals surface area (Å²) in [4.78, 5) is 16.0. The molecule has 0 saturated carbocycles. The van der Waals surface area contributed by atoms with E-state index < -0.39 is 0 Å². The van der Waals surface area contributed by atoms with E-state index >= 15 is 0 Å². The van der Waals surface area contributed by atoms with Gasteiger partial charge in [0.15, 0.2) is 23.0 Å². The normalized spacial score (nSPS) is 12.9. The lowest BCUT2D eigenvalue weighted by Crippen LogP contribution is -2.12. The van der Waals surface area contributed by atoms with Gasteiger partial charge in [0.25, 0.3) is 5.91 Å². The van der Waals surface area contributed by atoms with Crippen molar-refractivity contribution in [1.82, 2.24) is 4.98 Å². The number of methoxy groups -OCH3 is 3. The topological polar surface area (TPSA) is 91.0 Å². The second-order valence-electron chi connectivity index (χ2n) is 6.57. The summed E-state index contributed by atoms with van der Waals surface area (Å²) in [6, 6.07) is 6.69. The maximum atomic E-state index is 12.9. The Morgan fingerprint density at radius 3 is 2.37 bits per heavy atom. The molecule has 0 fully saturated rings. The summed E-state index contributed by atoms with van der Waals surface area (Å²) in [6.07, 6.45) is 0.774. The Kier molecular flexibility index (Phi) is 5.50. The minimum Gasteiger partial charge on any atom is -0.496 e. The number of aromatic nitrogens is 1. The van der Waals surface area contributed by atoms with Gasteiger partial charge in [0.05, 0.1) is 50.8 Å². The van der Waals surface area contributed by atoms with Crippen LogP contribution in [0.3, 0.4) is 0 Å². The fourth-order valence-electron chi connectivity index (χ4n) is 3.33. The highest BCUT2D eigenvalue weighted by Crippen LogP contribution is 2.42. The minimum absolute atomic E-state index is 0.304. The molecular weight excluding hydrogens is 412 g/mol. The number of nitrogens with one attached hydrogen (secondary N) is 2. The third kappa shape index (κ3) is 3.54. The van der Waals surface area contributed by atoms with E-state index in [1.54, 1.807) is 31.4 Å². The third-order valence-electron chi connectivity index (χ3n) is 4.77. The van der Waals surface area contributed by atoms with Gasteiger partial charge in [-0.2, -0.15) is 0 Å². The van der Waals surface area contributed by atoms with Gasteiger partial charge >= 0.3 is 0 Å². The van der Waals surface area contributed by atoms with Crippen LogP contribution in [0.25, 0.3) is 10.9 Å². The molecule has 1 aliphatic rings. The summed E-state index contributed by atoms with van der Waals surface area (Å²) < 4.78 is 27.6. The van der Waals surface area contributed by atoms with E-state index in [2.05, 4.69) is 10.3 Å². The lowest BCUT2D eigenvalue weighted by molar-refractivity contribution is 0.102. The van der Waals surface area contributed by atoms with Gasteiger partial charge in [0.1, 0.15) is 11.4 Å². The molecule has 1 aliphatic heterocycles. The van der Waals surface area contributed by atoms with Crippen molar-refractivity contribution in [3.05, 3.63) is 35.0 Å². The van der Waals surface area contributed by atoms with Gasteiger partial charge in [-0.05, 0) is 6.07 Å². The third-order valence-corrected chi connectivity index (χ3v) is 5.08. The molecule has 1 amide bonds. The minimum atomic E-state index is -0.384. The number of amides is 1. The van der Waals surface area contributed by atoms with Gasteiger partial charge in [-0.1, -0.05) is 11.6 Å². The molecule has 0 atom stereocenters. The van der Waals surface area contributed by atoms with Crippen LogP contribution in [0.15, 0.2) is 24.3 Å². The van der Waals surface area contributed by atoms with E-state index in [4.69, 9.17) is 35.3 Å². The van der Waals surface area contributed by atoms with Crippen LogP contribution in [-0.4, -0.2) is 45.4 Å². The molecule has 158 valence electrons. The van der Waals surface area contributed by atoms with Gasteiger partial charge in [-0.25, -0.2) is 0 Å². The molecule has 9 heteroatoms. The van der Waals surface area contributed by atoms with Gasteiger partial charge in [0, 0.05) is 30.0 Å².